The maximum Gasteiger partial charge on any atom is 0.224 e. The van der Waals surface area contributed by atoms with Crippen LogP contribution in [0.1, 0.15) is 22.4 Å². The Morgan fingerprint density at radius 2 is 2.25 bits per heavy atom. The number of hydrogen-bond donors (Lipinski definition) is 2. The first-order valence-corrected chi connectivity index (χ1v) is 8.05. The predicted octanol–water partition coefficient (Wildman–Crippen LogP) is 2.40. The van der Waals surface area contributed by atoms with Crippen LogP contribution >= 0.6 is 22.7 Å². The van der Waals surface area contributed by atoms with Crippen molar-refractivity contribution in [2.24, 2.45) is 0 Å². The molecular weight excluding hydrogens is 290 g/mol. The van der Waals surface area contributed by atoms with E-state index >= 15 is 0 Å². The van der Waals surface area contributed by atoms with Crippen molar-refractivity contribution in [1.82, 2.24) is 5.32 Å². The minimum Gasteiger partial charge on any atom is -0.395 e. The van der Waals surface area contributed by atoms with E-state index in [4.69, 9.17) is 5.11 Å². The molecule has 0 aliphatic rings. The Balaban J connectivity index is 1.86. The molecule has 0 aromatic carbocycles. The summed E-state index contributed by atoms with van der Waals surface area (Å²) in [7, 11) is 0. The van der Waals surface area contributed by atoms with Gasteiger partial charge in [0, 0.05) is 16.9 Å². The zero-order chi connectivity index (χ0) is 14.2. The van der Waals surface area contributed by atoms with Gasteiger partial charge in [-0.1, -0.05) is 11.8 Å². The van der Waals surface area contributed by atoms with E-state index in [1.165, 1.54) is 0 Å². The number of thiophene rings is 2. The van der Waals surface area contributed by atoms with Gasteiger partial charge in [-0.3, -0.25) is 4.79 Å². The summed E-state index contributed by atoms with van der Waals surface area (Å²) >= 11 is 3.17. The molecule has 0 fully saturated rings. The van der Waals surface area contributed by atoms with E-state index in [1.54, 1.807) is 22.7 Å². The minimum atomic E-state index is 0.0195. The van der Waals surface area contributed by atoms with Gasteiger partial charge in [-0.2, -0.15) is 11.3 Å². The lowest BCUT2D eigenvalue weighted by Gasteiger charge is -2.03. The van der Waals surface area contributed by atoms with Crippen LogP contribution in [-0.4, -0.2) is 17.6 Å². The fraction of sp³-hybridized carbons (Fsp3) is 0.267. The van der Waals surface area contributed by atoms with Gasteiger partial charge in [0.15, 0.2) is 0 Å². The summed E-state index contributed by atoms with van der Waals surface area (Å²) in [6.45, 7) is 0.577. The molecule has 2 aromatic heterocycles. The standard InChI is InChI=1S/C15H15NO2S2/c17-6-2-1-3-13-5-8-20-14(13)10-16-15(18)9-12-4-7-19-11-12/h4-5,7-8,11,17H,2,6,9-10H2,(H,16,18). The number of hydrogen-bond acceptors (Lipinski definition) is 4. The first-order valence-electron chi connectivity index (χ1n) is 6.23. The second kappa shape index (κ2) is 7.85. The Labute approximate surface area is 126 Å². The predicted molar refractivity (Wildman–Crippen MR) is 82.8 cm³/mol. The summed E-state index contributed by atoms with van der Waals surface area (Å²) in [5, 5.41) is 17.5. The summed E-state index contributed by atoms with van der Waals surface area (Å²) in [4.78, 5) is 12.9. The zero-order valence-corrected chi connectivity index (χ0v) is 12.5. The van der Waals surface area contributed by atoms with E-state index in [-0.39, 0.29) is 12.5 Å². The molecule has 0 unspecified atom stereocenters. The lowest BCUT2D eigenvalue weighted by molar-refractivity contribution is -0.120. The van der Waals surface area contributed by atoms with E-state index in [1.807, 2.05) is 28.3 Å². The Hall–Kier alpha value is -1.61. The molecule has 0 saturated carbocycles. The van der Waals surface area contributed by atoms with E-state index in [0.29, 0.717) is 19.4 Å². The summed E-state index contributed by atoms with van der Waals surface area (Å²) in [5.74, 6) is 5.93. The molecule has 5 heteroatoms. The van der Waals surface area contributed by atoms with Crippen molar-refractivity contribution in [1.29, 1.82) is 0 Å². The van der Waals surface area contributed by atoms with Crippen molar-refractivity contribution >= 4 is 28.6 Å². The first-order chi connectivity index (χ1) is 9.79. The van der Waals surface area contributed by atoms with E-state index in [2.05, 4.69) is 17.2 Å². The molecule has 0 aliphatic heterocycles. The molecule has 104 valence electrons. The number of carbonyl (C=O) groups excluding carboxylic acids is 1. The number of amides is 1. The number of aliphatic hydroxyl groups is 1. The fourth-order valence-corrected chi connectivity index (χ4v) is 3.06. The van der Waals surface area contributed by atoms with Crippen molar-refractivity contribution in [3.8, 4) is 11.8 Å². The van der Waals surface area contributed by atoms with Crippen LogP contribution in [0.2, 0.25) is 0 Å². The molecule has 0 aliphatic carbocycles. The van der Waals surface area contributed by atoms with Crippen LogP contribution in [0.5, 0.6) is 0 Å². The average Bonchev–Trinajstić information content (AvgIpc) is 3.08. The highest BCUT2D eigenvalue weighted by Gasteiger charge is 2.06. The van der Waals surface area contributed by atoms with E-state index in [0.717, 1.165) is 16.0 Å². The maximum absolute atomic E-state index is 11.8. The minimum absolute atomic E-state index is 0.0195. The highest BCUT2D eigenvalue weighted by atomic mass is 32.1. The molecule has 2 rings (SSSR count). The monoisotopic (exact) mass is 305 g/mol. The van der Waals surface area contributed by atoms with Gasteiger partial charge in [-0.05, 0) is 33.8 Å². The van der Waals surface area contributed by atoms with Gasteiger partial charge >= 0.3 is 0 Å². The van der Waals surface area contributed by atoms with Crippen molar-refractivity contribution < 1.29 is 9.90 Å². The van der Waals surface area contributed by atoms with Crippen LogP contribution in [0.25, 0.3) is 0 Å². The second-order valence-corrected chi connectivity index (χ2v) is 5.90. The highest BCUT2D eigenvalue weighted by Crippen LogP contribution is 2.15. The lowest BCUT2D eigenvalue weighted by atomic mass is 10.2. The van der Waals surface area contributed by atoms with Crippen LogP contribution in [0.3, 0.4) is 0 Å². The molecule has 20 heavy (non-hydrogen) atoms. The zero-order valence-electron chi connectivity index (χ0n) is 10.9. The van der Waals surface area contributed by atoms with E-state index in [9.17, 15) is 4.79 Å². The molecule has 0 saturated heterocycles. The van der Waals surface area contributed by atoms with Crippen molar-refractivity contribution in [2.75, 3.05) is 6.61 Å². The number of carbonyl (C=O) groups is 1. The Kier molecular flexibility index (Phi) is 5.81. The van der Waals surface area contributed by atoms with Crippen LogP contribution in [0.15, 0.2) is 28.3 Å². The van der Waals surface area contributed by atoms with Gasteiger partial charge < -0.3 is 10.4 Å². The Morgan fingerprint density at radius 1 is 1.35 bits per heavy atom. The molecular formula is C15H15NO2S2. The van der Waals surface area contributed by atoms with Crippen LogP contribution in [-0.2, 0) is 17.8 Å². The molecule has 0 spiro atoms. The van der Waals surface area contributed by atoms with Gasteiger partial charge in [0.25, 0.3) is 0 Å². The van der Waals surface area contributed by atoms with Gasteiger partial charge in [0.1, 0.15) is 0 Å². The normalized spacial score (nSPS) is 9.85. The maximum atomic E-state index is 11.8. The first kappa shape index (κ1) is 14.8. The topological polar surface area (TPSA) is 49.3 Å². The van der Waals surface area contributed by atoms with Crippen molar-refractivity contribution in [3.63, 3.8) is 0 Å². The van der Waals surface area contributed by atoms with Gasteiger partial charge in [-0.25, -0.2) is 0 Å². The quantitative estimate of drug-likeness (QED) is 0.833. The summed E-state index contributed by atoms with van der Waals surface area (Å²) < 4.78 is 0. The molecule has 0 atom stereocenters. The van der Waals surface area contributed by atoms with Crippen molar-refractivity contribution in [2.45, 2.75) is 19.4 Å². The number of nitrogens with one attached hydrogen (secondary N) is 1. The van der Waals surface area contributed by atoms with Crippen molar-refractivity contribution in [3.05, 3.63) is 44.3 Å². The van der Waals surface area contributed by atoms with Crippen LogP contribution in [0, 0.1) is 11.8 Å². The fourth-order valence-electron chi connectivity index (χ4n) is 1.62. The average molecular weight is 305 g/mol. The molecule has 0 bridgehead atoms. The van der Waals surface area contributed by atoms with Gasteiger partial charge in [0.05, 0.1) is 19.6 Å². The van der Waals surface area contributed by atoms with E-state index < -0.39 is 0 Å². The summed E-state index contributed by atoms with van der Waals surface area (Å²) in [5.41, 5.74) is 1.97. The molecule has 3 nitrogen and oxygen atoms in total. The summed E-state index contributed by atoms with van der Waals surface area (Å²) in [6.07, 6.45) is 0.889. The third-order valence-corrected chi connectivity index (χ3v) is 4.25. The highest BCUT2D eigenvalue weighted by molar-refractivity contribution is 7.10. The third kappa shape index (κ3) is 4.49. The Bertz CT molecular complexity index is 605. The summed E-state index contributed by atoms with van der Waals surface area (Å²) in [6, 6.07) is 3.90. The smallest absolute Gasteiger partial charge is 0.224 e. The van der Waals surface area contributed by atoms with Crippen LogP contribution < -0.4 is 5.32 Å². The second-order valence-electron chi connectivity index (χ2n) is 4.12. The van der Waals surface area contributed by atoms with Crippen LogP contribution in [0.4, 0.5) is 0 Å². The van der Waals surface area contributed by atoms with Gasteiger partial charge in [0.2, 0.25) is 5.91 Å². The molecule has 2 N–H and O–H groups in total. The Morgan fingerprint density at radius 3 is 3.00 bits per heavy atom. The largest absolute Gasteiger partial charge is 0.395 e. The molecule has 0 radical (unpaired) electrons. The SMILES string of the molecule is O=C(Cc1ccsc1)NCc1sccc1C#CCCO. The molecule has 2 aromatic rings. The number of aliphatic hydroxyl groups excluding tert-OH is 1. The number of rotatable bonds is 5. The molecule has 2 heterocycles. The van der Waals surface area contributed by atoms with Gasteiger partial charge in [-0.15, -0.1) is 11.3 Å². The molecule has 1 amide bonds. The lowest BCUT2D eigenvalue weighted by Crippen LogP contribution is -2.24. The third-order valence-electron chi connectivity index (χ3n) is 2.60.